The van der Waals surface area contributed by atoms with Crippen LogP contribution in [-0.2, 0) is 13.8 Å². The SMILES string of the molecule is Nc1c([N+](=O)[O-])[nH]c[n+]1[C@@H]1O[C@H](OP(=O)([O-])[O-])[C@@H](O)[C@H]1O. The highest BCUT2D eigenvalue weighted by atomic mass is 31.2. The lowest BCUT2D eigenvalue weighted by Gasteiger charge is -2.32. The Hall–Kier alpha value is -1.60. The van der Waals surface area contributed by atoms with Gasteiger partial charge in [0.05, 0.1) is 7.82 Å². The number of nitrogens with zero attached hydrogens (tertiary/aromatic N) is 2. The van der Waals surface area contributed by atoms with Crippen LogP contribution in [-0.4, -0.2) is 38.6 Å². The Morgan fingerprint density at radius 1 is 1.48 bits per heavy atom. The third kappa shape index (κ3) is 3.03. The maximum Gasteiger partial charge on any atom is 0.368 e. The van der Waals surface area contributed by atoms with Gasteiger partial charge in [-0.2, -0.15) is 0 Å². The summed E-state index contributed by atoms with van der Waals surface area (Å²) in [5.41, 5.74) is 5.46. The number of hydrogen-bond donors (Lipinski definition) is 4. The topological polar surface area (TPSA) is 211 Å². The molecule has 2 heterocycles. The van der Waals surface area contributed by atoms with E-state index in [2.05, 4.69) is 9.51 Å². The minimum absolute atomic E-state index is 0.440. The molecule has 1 aliphatic rings. The van der Waals surface area contributed by atoms with E-state index >= 15 is 0 Å². The highest BCUT2D eigenvalue weighted by molar-refractivity contribution is 7.43. The lowest BCUT2D eigenvalue weighted by Crippen LogP contribution is -2.46. The number of aliphatic hydroxyl groups excluding tert-OH is 2. The Bertz CT molecular complexity index is 599. The standard InChI is InChI=1S/C7H11N4O9P/c8-4-5(11(14)15)9-1-10(4)6-2(12)3(13)7(19-6)20-21(16,17)18/h1-3,6-7,12-13H,8H2,(H2,16,17,18)/p-1/t2-,3+,6-,7-/m1/s1. The number of ether oxygens (including phenoxy) is 1. The molecule has 0 aromatic carbocycles. The van der Waals surface area contributed by atoms with Crippen molar-refractivity contribution in [2.45, 2.75) is 24.7 Å². The number of aromatic nitrogens is 2. The molecule has 4 atom stereocenters. The minimum Gasteiger partial charge on any atom is -0.790 e. The maximum absolute atomic E-state index is 10.6. The van der Waals surface area contributed by atoms with Crippen LogP contribution in [0.15, 0.2) is 6.33 Å². The molecule has 13 nitrogen and oxygen atoms in total. The molecule has 118 valence electrons. The van der Waals surface area contributed by atoms with Crippen LogP contribution >= 0.6 is 7.82 Å². The quantitative estimate of drug-likeness (QED) is 0.183. The van der Waals surface area contributed by atoms with Crippen LogP contribution in [0.2, 0.25) is 0 Å². The second-order valence-corrected chi connectivity index (χ2v) is 5.21. The van der Waals surface area contributed by atoms with Crippen LogP contribution in [0.1, 0.15) is 6.23 Å². The number of aromatic amines is 1. The molecule has 0 saturated carbocycles. The minimum atomic E-state index is -5.47. The van der Waals surface area contributed by atoms with Crippen LogP contribution in [0.25, 0.3) is 0 Å². The summed E-state index contributed by atoms with van der Waals surface area (Å²) >= 11 is 0. The molecule has 0 amide bonds. The summed E-state index contributed by atoms with van der Waals surface area (Å²) in [5.74, 6) is -1.03. The van der Waals surface area contributed by atoms with E-state index in [-0.39, 0.29) is 0 Å². The van der Waals surface area contributed by atoms with E-state index in [1.54, 1.807) is 0 Å². The van der Waals surface area contributed by atoms with Gasteiger partial charge >= 0.3 is 11.6 Å². The van der Waals surface area contributed by atoms with Gasteiger partial charge in [0, 0.05) is 0 Å². The summed E-state index contributed by atoms with van der Waals surface area (Å²) in [4.78, 5) is 33.0. The van der Waals surface area contributed by atoms with Gasteiger partial charge in [0.15, 0.2) is 12.6 Å². The van der Waals surface area contributed by atoms with E-state index in [1.165, 1.54) is 0 Å². The summed E-state index contributed by atoms with van der Waals surface area (Å²) < 4.78 is 20.2. The largest absolute Gasteiger partial charge is 0.790 e. The van der Waals surface area contributed by atoms with Gasteiger partial charge in [0.2, 0.25) is 6.23 Å². The van der Waals surface area contributed by atoms with Gasteiger partial charge in [-0.05, 0) is 4.92 Å². The average Bonchev–Trinajstić information content (AvgIpc) is 2.83. The zero-order valence-corrected chi connectivity index (χ0v) is 11.0. The summed E-state index contributed by atoms with van der Waals surface area (Å²) in [5, 5.41) is 29.9. The number of aliphatic hydroxyl groups is 2. The van der Waals surface area contributed by atoms with Gasteiger partial charge in [-0.1, -0.05) is 0 Å². The van der Waals surface area contributed by atoms with Crippen LogP contribution in [0, 0.1) is 10.1 Å². The molecule has 0 unspecified atom stereocenters. The van der Waals surface area contributed by atoms with Crippen LogP contribution in [0.3, 0.4) is 0 Å². The van der Waals surface area contributed by atoms with Crippen LogP contribution in [0.5, 0.6) is 0 Å². The van der Waals surface area contributed by atoms with E-state index < -0.39 is 49.1 Å². The molecule has 1 aromatic heterocycles. The van der Waals surface area contributed by atoms with E-state index in [1.807, 2.05) is 0 Å². The first-order chi connectivity index (χ1) is 9.61. The van der Waals surface area contributed by atoms with Crippen molar-refractivity contribution >= 4 is 19.5 Å². The highest BCUT2D eigenvalue weighted by Crippen LogP contribution is 2.36. The molecule has 1 saturated heterocycles. The molecule has 0 aliphatic carbocycles. The molecule has 5 N–H and O–H groups in total. The fourth-order valence-electron chi connectivity index (χ4n) is 1.83. The van der Waals surface area contributed by atoms with Crippen molar-refractivity contribution in [1.29, 1.82) is 0 Å². The Balaban J connectivity index is 2.26. The summed E-state index contributed by atoms with van der Waals surface area (Å²) in [6.45, 7) is 0. The normalized spacial score (nSPS) is 29.7. The van der Waals surface area contributed by atoms with E-state index in [0.29, 0.717) is 0 Å². The zero-order valence-electron chi connectivity index (χ0n) is 10.1. The maximum atomic E-state index is 10.6. The smallest absolute Gasteiger partial charge is 0.368 e. The molecular weight excluding hydrogens is 315 g/mol. The zero-order chi connectivity index (χ0) is 15.9. The number of rotatable bonds is 4. The molecule has 21 heavy (non-hydrogen) atoms. The first kappa shape index (κ1) is 15.8. The summed E-state index contributed by atoms with van der Waals surface area (Å²) in [7, 11) is -5.47. The van der Waals surface area contributed by atoms with Gasteiger partial charge in [-0.15, -0.1) is 0 Å². The Morgan fingerprint density at radius 3 is 2.57 bits per heavy atom. The predicted molar refractivity (Wildman–Crippen MR) is 56.7 cm³/mol. The number of phosphoric acid groups is 1. The van der Waals surface area contributed by atoms with E-state index in [9.17, 15) is 34.7 Å². The molecular formula is C7H10N4O9P-. The van der Waals surface area contributed by atoms with E-state index in [4.69, 9.17) is 10.5 Å². The van der Waals surface area contributed by atoms with Gasteiger partial charge in [-0.25, -0.2) is 9.55 Å². The number of nitrogens with one attached hydrogen (secondary N) is 1. The fraction of sp³-hybridized carbons (Fsp3) is 0.571. The van der Waals surface area contributed by atoms with Gasteiger partial charge in [-0.3, -0.25) is 0 Å². The summed E-state index contributed by atoms with van der Waals surface area (Å²) in [6.07, 6.45) is -6.06. The van der Waals surface area contributed by atoms with Gasteiger partial charge < -0.3 is 49.7 Å². The summed E-state index contributed by atoms with van der Waals surface area (Å²) in [6, 6.07) is 0. The van der Waals surface area contributed by atoms with E-state index in [0.717, 1.165) is 10.9 Å². The third-order valence-corrected chi connectivity index (χ3v) is 3.21. The van der Waals surface area contributed by atoms with Gasteiger partial charge in [0.1, 0.15) is 12.2 Å². The van der Waals surface area contributed by atoms with Crippen molar-refractivity contribution < 1.29 is 43.3 Å². The number of nitrogens with two attached hydrogens (primary N) is 1. The number of anilines is 1. The van der Waals surface area contributed by atoms with Gasteiger partial charge in [0.25, 0.3) is 0 Å². The lowest BCUT2D eigenvalue weighted by molar-refractivity contribution is -0.754. The molecule has 14 heteroatoms. The number of nitrogen functional groups attached to an aromatic ring is 1. The monoisotopic (exact) mass is 325 g/mol. The van der Waals surface area contributed by atoms with Crippen LogP contribution in [0.4, 0.5) is 11.6 Å². The molecule has 0 radical (unpaired) electrons. The molecule has 1 aliphatic heterocycles. The highest BCUT2D eigenvalue weighted by Gasteiger charge is 2.48. The fourth-order valence-corrected chi connectivity index (χ4v) is 2.25. The Labute approximate surface area is 115 Å². The molecule has 2 rings (SSSR count). The van der Waals surface area contributed by atoms with Crippen molar-refractivity contribution in [1.82, 2.24) is 4.98 Å². The number of hydrogen-bond acceptors (Lipinski definition) is 10. The van der Waals surface area contributed by atoms with Crippen molar-refractivity contribution in [2.75, 3.05) is 5.73 Å². The molecule has 0 spiro atoms. The number of H-pyrrole nitrogens is 1. The molecule has 1 aromatic rings. The molecule has 0 bridgehead atoms. The number of imidazole rings is 1. The second-order valence-electron chi connectivity index (χ2n) is 4.10. The first-order valence-corrected chi connectivity index (χ1v) is 6.82. The van der Waals surface area contributed by atoms with Crippen molar-refractivity contribution in [3.8, 4) is 0 Å². The van der Waals surface area contributed by atoms with Crippen molar-refractivity contribution in [3.05, 3.63) is 16.4 Å². The van der Waals surface area contributed by atoms with Crippen molar-refractivity contribution in [2.24, 2.45) is 0 Å². The number of nitro groups is 1. The third-order valence-electron chi connectivity index (χ3n) is 2.75. The van der Waals surface area contributed by atoms with Crippen molar-refractivity contribution in [3.63, 3.8) is 0 Å². The number of phosphoric ester groups is 1. The van der Waals surface area contributed by atoms with Crippen LogP contribution < -0.4 is 20.1 Å². The Kier molecular flexibility index (Phi) is 3.99. The predicted octanol–water partition coefficient (Wildman–Crippen LogP) is -3.79. The molecule has 1 fully saturated rings. The second kappa shape index (κ2) is 5.31. The Morgan fingerprint density at radius 2 is 2.10 bits per heavy atom. The average molecular weight is 325 g/mol. The lowest BCUT2D eigenvalue weighted by atomic mass is 10.2. The first-order valence-electron chi connectivity index (χ1n) is 5.36.